The minimum Gasteiger partial charge on any atom is -0.355 e. The summed E-state index contributed by atoms with van der Waals surface area (Å²) >= 11 is 0. The number of aromatic nitrogens is 3. The summed E-state index contributed by atoms with van der Waals surface area (Å²) in [4.78, 5) is 6.87. The number of pyridine rings is 1. The topological polar surface area (TPSA) is 69.8 Å². The van der Waals surface area contributed by atoms with Crippen molar-refractivity contribution in [2.24, 2.45) is 4.99 Å². The van der Waals surface area contributed by atoms with E-state index in [0.717, 1.165) is 30.5 Å². The zero-order valence-corrected chi connectivity index (χ0v) is 14.6. The molecule has 0 aliphatic carbocycles. The maximum absolute atomic E-state index is 4.32. The standard InChI is InChI=1S/C17H27N7/c1-3-23-10-6-4-8-14(23)12-19-17(18-2)20-13-16-22-21-15-9-5-7-11-24(15)16/h5,7,9,11,14H,3-4,6,8,10,12-13H2,1-2H3,(H2,18,19,20). The number of aliphatic imine (C=N–C) groups is 1. The van der Waals surface area contributed by atoms with Gasteiger partial charge in [0.05, 0.1) is 6.54 Å². The van der Waals surface area contributed by atoms with Crippen LogP contribution in [-0.4, -0.2) is 58.2 Å². The Morgan fingerprint density at radius 3 is 3.04 bits per heavy atom. The second-order valence-corrected chi connectivity index (χ2v) is 6.13. The normalized spacial score (nSPS) is 19.6. The molecule has 7 heteroatoms. The van der Waals surface area contributed by atoms with Gasteiger partial charge in [0.2, 0.25) is 0 Å². The van der Waals surface area contributed by atoms with Crippen LogP contribution in [0.5, 0.6) is 0 Å². The molecule has 2 aromatic heterocycles. The number of likely N-dealkylation sites (N-methyl/N-ethyl adjacent to an activating group) is 1. The molecule has 1 unspecified atom stereocenters. The van der Waals surface area contributed by atoms with Crippen molar-refractivity contribution in [3.63, 3.8) is 0 Å². The summed E-state index contributed by atoms with van der Waals surface area (Å²) in [5.74, 6) is 1.69. The third kappa shape index (κ3) is 3.84. The first-order valence-corrected chi connectivity index (χ1v) is 8.79. The molecule has 130 valence electrons. The molecule has 0 amide bonds. The molecule has 2 aromatic rings. The molecule has 1 atom stereocenters. The van der Waals surface area contributed by atoms with Gasteiger partial charge < -0.3 is 10.6 Å². The lowest BCUT2D eigenvalue weighted by atomic mass is 10.0. The van der Waals surface area contributed by atoms with Crippen LogP contribution in [0.2, 0.25) is 0 Å². The SMILES string of the molecule is CCN1CCCCC1CNC(=NC)NCc1nnc2ccccn12. The fourth-order valence-corrected chi connectivity index (χ4v) is 3.32. The maximum Gasteiger partial charge on any atom is 0.191 e. The van der Waals surface area contributed by atoms with E-state index in [0.29, 0.717) is 12.6 Å². The van der Waals surface area contributed by atoms with Crippen LogP contribution in [0.15, 0.2) is 29.4 Å². The van der Waals surface area contributed by atoms with E-state index < -0.39 is 0 Å². The zero-order valence-electron chi connectivity index (χ0n) is 14.6. The highest BCUT2D eigenvalue weighted by Gasteiger charge is 2.20. The Labute approximate surface area is 143 Å². The lowest BCUT2D eigenvalue weighted by Crippen LogP contribution is -2.48. The maximum atomic E-state index is 4.32. The van der Waals surface area contributed by atoms with Crippen LogP contribution in [0.4, 0.5) is 0 Å². The van der Waals surface area contributed by atoms with Crippen molar-refractivity contribution in [3.05, 3.63) is 30.2 Å². The van der Waals surface area contributed by atoms with E-state index in [-0.39, 0.29) is 0 Å². The Bertz CT molecular complexity index is 678. The van der Waals surface area contributed by atoms with Crippen molar-refractivity contribution in [1.82, 2.24) is 30.1 Å². The Morgan fingerprint density at radius 1 is 1.29 bits per heavy atom. The molecule has 0 spiro atoms. The fourth-order valence-electron chi connectivity index (χ4n) is 3.32. The highest BCUT2D eigenvalue weighted by molar-refractivity contribution is 5.79. The van der Waals surface area contributed by atoms with E-state index in [4.69, 9.17) is 0 Å². The molecule has 0 bridgehead atoms. The summed E-state index contributed by atoms with van der Waals surface area (Å²) in [7, 11) is 1.80. The Hall–Kier alpha value is -2.15. The van der Waals surface area contributed by atoms with Gasteiger partial charge in [-0.3, -0.25) is 14.3 Å². The summed E-state index contributed by atoms with van der Waals surface area (Å²) in [6.07, 6.45) is 5.87. The van der Waals surface area contributed by atoms with Crippen LogP contribution in [0.25, 0.3) is 5.65 Å². The molecule has 3 heterocycles. The van der Waals surface area contributed by atoms with E-state index >= 15 is 0 Å². The van der Waals surface area contributed by atoms with Crippen LogP contribution < -0.4 is 10.6 Å². The molecule has 24 heavy (non-hydrogen) atoms. The van der Waals surface area contributed by atoms with Crippen LogP contribution in [-0.2, 0) is 6.54 Å². The van der Waals surface area contributed by atoms with E-state index in [1.165, 1.54) is 25.8 Å². The third-order valence-corrected chi connectivity index (χ3v) is 4.68. The average molecular weight is 329 g/mol. The smallest absolute Gasteiger partial charge is 0.191 e. The highest BCUT2D eigenvalue weighted by atomic mass is 15.3. The predicted molar refractivity (Wildman–Crippen MR) is 96.1 cm³/mol. The minimum absolute atomic E-state index is 0.590. The average Bonchev–Trinajstić information content (AvgIpc) is 3.05. The second kappa shape index (κ2) is 8.10. The first-order valence-electron chi connectivity index (χ1n) is 8.79. The lowest BCUT2D eigenvalue weighted by Gasteiger charge is -2.35. The molecule has 7 nitrogen and oxygen atoms in total. The Balaban J connectivity index is 1.53. The van der Waals surface area contributed by atoms with Crippen molar-refractivity contribution >= 4 is 11.6 Å². The van der Waals surface area contributed by atoms with Gasteiger partial charge in [-0.05, 0) is 38.1 Å². The first-order chi connectivity index (χ1) is 11.8. The number of likely N-dealkylation sites (tertiary alicyclic amines) is 1. The van der Waals surface area contributed by atoms with Gasteiger partial charge in [-0.15, -0.1) is 10.2 Å². The van der Waals surface area contributed by atoms with E-state index in [1.807, 2.05) is 28.8 Å². The molecular formula is C17H27N7. The number of rotatable bonds is 5. The summed E-state index contributed by atoms with van der Waals surface area (Å²) in [5.41, 5.74) is 0.859. The number of guanidine groups is 1. The quantitative estimate of drug-likeness (QED) is 0.639. The third-order valence-electron chi connectivity index (χ3n) is 4.68. The molecule has 3 rings (SSSR count). The van der Waals surface area contributed by atoms with Gasteiger partial charge >= 0.3 is 0 Å². The lowest BCUT2D eigenvalue weighted by molar-refractivity contribution is 0.157. The number of piperidine rings is 1. The van der Waals surface area contributed by atoms with E-state index in [2.05, 4.69) is 37.6 Å². The number of hydrogen-bond acceptors (Lipinski definition) is 4. The largest absolute Gasteiger partial charge is 0.355 e. The van der Waals surface area contributed by atoms with Gasteiger partial charge in [-0.1, -0.05) is 19.4 Å². The van der Waals surface area contributed by atoms with Crippen LogP contribution in [0, 0.1) is 0 Å². The Kier molecular flexibility index (Phi) is 5.63. The summed E-state index contributed by atoms with van der Waals surface area (Å²) in [5, 5.41) is 15.2. The van der Waals surface area contributed by atoms with Gasteiger partial charge in [-0.25, -0.2) is 0 Å². The van der Waals surface area contributed by atoms with Gasteiger partial charge in [0.15, 0.2) is 17.4 Å². The molecule has 0 saturated carbocycles. The predicted octanol–water partition coefficient (Wildman–Crippen LogP) is 1.27. The van der Waals surface area contributed by atoms with Crippen LogP contribution in [0.3, 0.4) is 0 Å². The summed E-state index contributed by atoms with van der Waals surface area (Å²) in [6.45, 7) is 6.08. The second-order valence-electron chi connectivity index (χ2n) is 6.13. The minimum atomic E-state index is 0.590. The molecule has 1 aliphatic rings. The number of fused-ring (bicyclic) bond motifs is 1. The molecule has 1 aliphatic heterocycles. The van der Waals surface area contributed by atoms with Gasteiger partial charge in [0, 0.05) is 25.8 Å². The Morgan fingerprint density at radius 2 is 2.21 bits per heavy atom. The van der Waals surface area contributed by atoms with E-state index in [1.54, 1.807) is 7.05 Å². The monoisotopic (exact) mass is 329 g/mol. The zero-order chi connectivity index (χ0) is 16.8. The van der Waals surface area contributed by atoms with Crippen molar-refractivity contribution < 1.29 is 0 Å². The van der Waals surface area contributed by atoms with Crippen LogP contribution >= 0.6 is 0 Å². The molecule has 1 saturated heterocycles. The first kappa shape index (κ1) is 16.7. The van der Waals surface area contributed by atoms with E-state index in [9.17, 15) is 0 Å². The molecule has 0 radical (unpaired) electrons. The van der Waals surface area contributed by atoms with Crippen molar-refractivity contribution in [1.29, 1.82) is 0 Å². The van der Waals surface area contributed by atoms with Crippen molar-refractivity contribution in [3.8, 4) is 0 Å². The summed E-state index contributed by atoms with van der Waals surface area (Å²) < 4.78 is 1.99. The van der Waals surface area contributed by atoms with Crippen molar-refractivity contribution in [2.45, 2.75) is 38.8 Å². The van der Waals surface area contributed by atoms with Gasteiger partial charge in [0.1, 0.15) is 0 Å². The number of nitrogens with zero attached hydrogens (tertiary/aromatic N) is 5. The molecule has 2 N–H and O–H groups in total. The highest BCUT2D eigenvalue weighted by Crippen LogP contribution is 2.15. The number of hydrogen-bond donors (Lipinski definition) is 2. The van der Waals surface area contributed by atoms with Gasteiger partial charge in [-0.2, -0.15) is 0 Å². The molecular weight excluding hydrogens is 302 g/mol. The number of nitrogens with one attached hydrogen (secondary N) is 2. The van der Waals surface area contributed by atoms with Gasteiger partial charge in [0.25, 0.3) is 0 Å². The summed E-state index contributed by atoms with van der Waals surface area (Å²) in [6, 6.07) is 6.49. The van der Waals surface area contributed by atoms with Crippen molar-refractivity contribution in [2.75, 3.05) is 26.7 Å². The molecule has 1 fully saturated rings. The molecule has 0 aromatic carbocycles. The fraction of sp³-hybridized carbons (Fsp3) is 0.588. The van der Waals surface area contributed by atoms with Crippen LogP contribution in [0.1, 0.15) is 32.0 Å².